The van der Waals surface area contributed by atoms with Crippen LogP contribution in [0, 0.1) is 0 Å². The summed E-state index contributed by atoms with van der Waals surface area (Å²) in [7, 11) is 0. The van der Waals surface area contributed by atoms with Crippen LogP contribution in [0.5, 0.6) is 0 Å². The largest absolute Gasteiger partial charge is 0.324 e. The fourth-order valence-electron chi connectivity index (χ4n) is 1.67. The molecule has 0 bridgehead atoms. The van der Waals surface area contributed by atoms with Crippen molar-refractivity contribution in [3.63, 3.8) is 0 Å². The Labute approximate surface area is 109 Å². The van der Waals surface area contributed by atoms with Gasteiger partial charge < -0.3 is 4.90 Å². The highest BCUT2D eigenvalue weighted by molar-refractivity contribution is 8.00. The van der Waals surface area contributed by atoms with E-state index in [0.29, 0.717) is 11.7 Å². The molecule has 2 rings (SSSR count). The zero-order valence-electron chi connectivity index (χ0n) is 9.22. The van der Waals surface area contributed by atoms with E-state index in [1.54, 1.807) is 23.1 Å². The minimum absolute atomic E-state index is 0.268. The molecule has 1 amide bonds. The molecule has 1 fully saturated rings. The molecule has 1 atom stereocenters. The van der Waals surface area contributed by atoms with Crippen LogP contribution >= 0.6 is 34.9 Å². The summed E-state index contributed by atoms with van der Waals surface area (Å²) < 4.78 is 0. The zero-order chi connectivity index (χ0) is 11.4. The molecule has 0 aromatic carbocycles. The van der Waals surface area contributed by atoms with Crippen molar-refractivity contribution in [2.45, 2.75) is 12.3 Å². The fraction of sp³-hybridized carbons (Fsp3) is 0.545. The topological polar surface area (TPSA) is 20.3 Å². The number of nitrogens with zero attached hydrogens (tertiary/aromatic N) is 1. The maximum Gasteiger partial charge on any atom is 0.233 e. The molecule has 2 nitrogen and oxygen atoms in total. The number of carbonyl (C=O) groups excluding carboxylic acids is 1. The van der Waals surface area contributed by atoms with Crippen molar-refractivity contribution in [1.82, 2.24) is 4.90 Å². The summed E-state index contributed by atoms with van der Waals surface area (Å²) in [5.74, 6) is 3.10. The number of hydrogen-bond donors (Lipinski definition) is 0. The maximum absolute atomic E-state index is 11.8. The van der Waals surface area contributed by atoms with Crippen LogP contribution in [0.1, 0.15) is 17.2 Å². The van der Waals surface area contributed by atoms with Gasteiger partial charge >= 0.3 is 0 Å². The van der Waals surface area contributed by atoms with Crippen molar-refractivity contribution in [2.24, 2.45) is 0 Å². The summed E-state index contributed by atoms with van der Waals surface area (Å²) >= 11 is 5.39. The number of thioether (sulfide) groups is 2. The maximum atomic E-state index is 11.8. The normalized spacial score (nSPS) is 20.7. The average Bonchev–Trinajstić information content (AvgIpc) is 2.89. The van der Waals surface area contributed by atoms with Crippen LogP contribution in [0.25, 0.3) is 0 Å². The summed E-state index contributed by atoms with van der Waals surface area (Å²) in [6, 6.07) is 4.18. The molecule has 0 radical (unpaired) electrons. The van der Waals surface area contributed by atoms with Gasteiger partial charge in [0.25, 0.3) is 0 Å². The smallest absolute Gasteiger partial charge is 0.233 e. The summed E-state index contributed by atoms with van der Waals surface area (Å²) in [5.41, 5.74) is 0. The Kier molecular flexibility index (Phi) is 4.61. The lowest BCUT2D eigenvalue weighted by molar-refractivity contribution is -0.127. The molecule has 1 saturated heterocycles. The first-order chi connectivity index (χ1) is 7.83. The molecule has 1 aliphatic rings. The lowest BCUT2D eigenvalue weighted by Crippen LogP contribution is -2.30. The molecule has 16 heavy (non-hydrogen) atoms. The highest BCUT2D eigenvalue weighted by Crippen LogP contribution is 2.40. The van der Waals surface area contributed by atoms with Crippen molar-refractivity contribution in [2.75, 3.05) is 23.8 Å². The first-order valence-electron chi connectivity index (χ1n) is 5.35. The van der Waals surface area contributed by atoms with Gasteiger partial charge in [-0.05, 0) is 17.2 Å². The second kappa shape index (κ2) is 5.98. The molecule has 1 aliphatic heterocycles. The standard InChI is InChI=1S/C11H15NOS3/c1-2-14-7-5-12-10(13)8-16-11(12)9-4-3-6-15-9/h3-4,6,11H,2,5,7-8H2,1H3. The highest BCUT2D eigenvalue weighted by Gasteiger charge is 2.32. The number of carbonyl (C=O) groups is 1. The van der Waals surface area contributed by atoms with Crippen molar-refractivity contribution < 1.29 is 4.79 Å². The number of rotatable bonds is 5. The van der Waals surface area contributed by atoms with E-state index in [1.807, 2.05) is 16.7 Å². The van der Waals surface area contributed by atoms with Crippen LogP contribution in [0.4, 0.5) is 0 Å². The van der Waals surface area contributed by atoms with Crippen molar-refractivity contribution in [3.8, 4) is 0 Å². The van der Waals surface area contributed by atoms with Crippen molar-refractivity contribution in [3.05, 3.63) is 22.4 Å². The highest BCUT2D eigenvalue weighted by atomic mass is 32.2. The Morgan fingerprint density at radius 2 is 2.50 bits per heavy atom. The van der Waals surface area contributed by atoms with E-state index < -0.39 is 0 Å². The van der Waals surface area contributed by atoms with Crippen LogP contribution < -0.4 is 0 Å². The van der Waals surface area contributed by atoms with Gasteiger partial charge in [0.15, 0.2) is 0 Å². The van der Waals surface area contributed by atoms with Gasteiger partial charge in [-0.15, -0.1) is 23.1 Å². The van der Waals surface area contributed by atoms with Crippen LogP contribution in [-0.2, 0) is 4.79 Å². The predicted octanol–water partition coefficient (Wildman–Crippen LogP) is 3.08. The molecular weight excluding hydrogens is 258 g/mol. The van der Waals surface area contributed by atoms with Crippen LogP contribution in [0.2, 0.25) is 0 Å². The molecular formula is C11H15NOS3. The molecule has 5 heteroatoms. The van der Waals surface area contributed by atoms with E-state index in [2.05, 4.69) is 24.4 Å². The van der Waals surface area contributed by atoms with Crippen LogP contribution in [-0.4, -0.2) is 34.6 Å². The Hall–Kier alpha value is -0.130. The Morgan fingerprint density at radius 3 is 3.19 bits per heavy atom. The molecule has 0 saturated carbocycles. The van der Waals surface area contributed by atoms with Gasteiger partial charge in [-0.25, -0.2) is 0 Å². The first-order valence-corrected chi connectivity index (χ1v) is 8.43. The van der Waals surface area contributed by atoms with Crippen molar-refractivity contribution in [1.29, 1.82) is 0 Å². The SMILES string of the molecule is CCSCCN1C(=O)CSC1c1cccs1. The second-order valence-electron chi connectivity index (χ2n) is 3.46. The quantitative estimate of drug-likeness (QED) is 0.769. The molecule has 1 aromatic heterocycles. The molecule has 0 aliphatic carbocycles. The molecule has 0 N–H and O–H groups in total. The average molecular weight is 273 g/mol. The van der Waals surface area contributed by atoms with Gasteiger partial charge in [0.05, 0.1) is 5.75 Å². The summed E-state index contributed by atoms with van der Waals surface area (Å²) in [5, 5.41) is 2.35. The summed E-state index contributed by atoms with van der Waals surface area (Å²) in [4.78, 5) is 15.1. The molecule has 1 unspecified atom stereocenters. The number of hydrogen-bond acceptors (Lipinski definition) is 4. The zero-order valence-corrected chi connectivity index (χ0v) is 11.7. The van der Waals surface area contributed by atoms with Gasteiger partial charge in [-0.3, -0.25) is 4.79 Å². The van der Waals surface area contributed by atoms with Gasteiger partial charge in [-0.1, -0.05) is 13.0 Å². The Bertz CT molecular complexity index is 339. The van der Waals surface area contributed by atoms with Gasteiger partial charge in [0.1, 0.15) is 5.37 Å². The molecule has 0 spiro atoms. The third-order valence-electron chi connectivity index (χ3n) is 2.44. The van der Waals surface area contributed by atoms with E-state index in [4.69, 9.17) is 0 Å². The van der Waals surface area contributed by atoms with E-state index in [9.17, 15) is 4.79 Å². The molecule has 1 aromatic rings. The fourth-order valence-corrected chi connectivity index (χ4v) is 4.48. The second-order valence-corrected chi connectivity index (χ2v) is 6.90. The third-order valence-corrected chi connectivity index (χ3v) is 5.63. The monoisotopic (exact) mass is 273 g/mol. The molecule has 88 valence electrons. The Balaban J connectivity index is 1.99. The minimum atomic E-state index is 0.268. The van der Waals surface area contributed by atoms with Gasteiger partial charge in [0, 0.05) is 17.2 Å². The lowest BCUT2D eigenvalue weighted by Gasteiger charge is -2.22. The molecule has 2 heterocycles. The van der Waals surface area contributed by atoms with Crippen LogP contribution in [0.3, 0.4) is 0 Å². The van der Waals surface area contributed by atoms with E-state index in [1.165, 1.54) is 4.88 Å². The first kappa shape index (κ1) is 12.3. The van der Waals surface area contributed by atoms with Gasteiger partial charge in [0.2, 0.25) is 5.91 Å². The summed E-state index contributed by atoms with van der Waals surface area (Å²) in [6.07, 6.45) is 0. The summed E-state index contributed by atoms with van der Waals surface area (Å²) in [6.45, 7) is 3.04. The number of amides is 1. The van der Waals surface area contributed by atoms with E-state index >= 15 is 0 Å². The Morgan fingerprint density at radius 1 is 1.62 bits per heavy atom. The van der Waals surface area contributed by atoms with Gasteiger partial charge in [-0.2, -0.15) is 11.8 Å². The predicted molar refractivity (Wildman–Crippen MR) is 74.2 cm³/mol. The number of thiophene rings is 1. The third kappa shape index (κ3) is 2.76. The van der Waals surface area contributed by atoms with E-state index in [-0.39, 0.29) is 5.37 Å². The van der Waals surface area contributed by atoms with Crippen molar-refractivity contribution >= 4 is 40.8 Å². The van der Waals surface area contributed by atoms with Crippen LogP contribution in [0.15, 0.2) is 17.5 Å². The minimum Gasteiger partial charge on any atom is -0.324 e. The van der Waals surface area contributed by atoms with E-state index in [0.717, 1.165) is 18.1 Å². The lowest BCUT2D eigenvalue weighted by atomic mass is 10.4.